The predicted octanol–water partition coefficient (Wildman–Crippen LogP) is 3.95. The molecule has 3 aromatic rings. The van der Waals surface area contributed by atoms with Gasteiger partial charge in [0, 0.05) is 35.3 Å². The van der Waals surface area contributed by atoms with Crippen LogP contribution in [0, 0.1) is 5.92 Å². The van der Waals surface area contributed by atoms with E-state index < -0.39 is 0 Å². The molecule has 4 rings (SSSR count). The molecule has 1 saturated heterocycles. The van der Waals surface area contributed by atoms with Crippen molar-refractivity contribution in [2.24, 2.45) is 5.92 Å². The number of benzene rings is 1. The lowest BCUT2D eigenvalue weighted by molar-refractivity contribution is 0.102. The first kappa shape index (κ1) is 17.7. The summed E-state index contributed by atoms with van der Waals surface area (Å²) in [7, 11) is 0. The number of anilines is 1. The van der Waals surface area contributed by atoms with E-state index in [2.05, 4.69) is 15.3 Å². The van der Waals surface area contributed by atoms with Crippen molar-refractivity contribution in [3.63, 3.8) is 0 Å². The molecule has 1 amide bonds. The topological polar surface area (TPSA) is 73.3 Å². The molecule has 0 bridgehead atoms. The number of hydrogen-bond acceptors (Lipinski definition) is 5. The van der Waals surface area contributed by atoms with Crippen LogP contribution in [0.25, 0.3) is 10.9 Å². The minimum atomic E-state index is -0.365. The van der Waals surface area contributed by atoms with Crippen LogP contribution in [0.15, 0.2) is 48.8 Å². The molecule has 27 heavy (non-hydrogen) atoms. The standard InChI is InChI=1S/C20H18ClN3O3/c21-15-3-4-17(27-12-13-6-9-26-11-13)16(10-15)24-20(25)19-18-14(5-8-23-19)2-1-7-22-18/h1-5,7-8,10,13H,6,9,11-12H2,(H,24,25). The number of fused-ring (bicyclic) bond motifs is 1. The zero-order chi connectivity index (χ0) is 18.6. The third kappa shape index (κ3) is 4.02. The summed E-state index contributed by atoms with van der Waals surface area (Å²) in [5.74, 6) is 0.552. The maximum atomic E-state index is 12.8. The fourth-order valence-corrected chi connectivity index (χ4v) is 3.17. The molecule has 1 unspecified atom stereocenters. The Balaban J connectivity index is 1.57. The van der Waals surface area contributed by atoms with Crippen LogP contribution in [0.5, 0.6) is 5.75 Å². The lowest BCUT2D eigenvalue weighted by Gasteiger charge is -2.15. The lowest BCUT2D eigenvalue weighted by Crippen LogP contribution is -2.17. The fourth-order valence-electron chi connectivity index (χ4n) is 3.00. The third-order valence-electron chi connectivity index (χ3n) is 4.42. The van der Waals surface area contributed by atoms with Gasteiger partial charge in [0.25, 0.3) is 5.91 Å². The van der Waals surface area contributed by atoms with Crippen molar-refractivity contribution < 1.29 is 14.3 Å². The van der Waals surface area contributed by atoms with Crippen LogP contribution >= 0.6 is 11.6 Å². The van der Waals surface area contributed by atoms with Crippen LogP contribution < -0.4 is 10.1 Å². The molecule has 1 fully saturated rings. The van der Waals surface area contributed by atoms with Gasteiger partial charge in [-0.1, -0.05) is 17.7 Å². The highest BCUT2D eigenvalue weighted by Gasteiger charge is 2.19. The number of pyridine rings is 2. The third-order valence-corrected chi connectivity index (χ3v) is 4.66. The van der Waals surface area contributed by atoms with Gasteiger partial charge in [0.1, 0.15) is 11.3 Å². The summed E-state index contributed by atoms with van der Waals surface area (Å²) in [5.41, 5.74) is 1.30. The number of nitrogens with one attached hydrogen (secondary N) is 1. The number of rotatable bonds is 5. The van der Waals surface area contributed by atoms with Gasteiger partial charge in [0.05, 0.1) is 18.9 Å². The summed E-state index contributed by atoms with van der Waals surface area (Å²) in [4.78, 5) is 21.3. The van der Waals surface area contributed by atoms with E-state index in [4.69, 9.17) is 21.1 Å². The SMILES string of the molecule is O=C(Nc1cc(Cl)ccc1OCC1CCOC1)c1nccc2cccnc12. The lowest BCUT2D eigenvalue weighted by atomic mass is 10.1. The molecule has 6 nitrogen and oxygen atoms in total. The summed E-state index contributed by atoms with van der Waals surface area (Å²) < 4.78 is 11.3. The molecule has 1 aliphatic rings. The predicted molar refractivity (Wildman–Crippen MR) is 103 cm³/mol. The monoisotopic (exact) mass is 383 g/mol. The van der Waals surface area contributed by atoms with Gasteiger partial charge in [-0.05, 0) is 36.8 Å². The molecule has 1 N–H and O–H groups in total. The van der Waals surface area contributed by atoms with Crippen LogP contribution in [0.4, 0.5) is 5.69 Å². The molecule has 3 heterocycles. The van der Waals surface area contributed by atoms with E-state index >= 15 is 0 Å². The Labute approximate surface area is 161 Å². The molecule has 1 atom stereocenters. The normalized spacial score (nSPS) is 16.4. The first-order chi connectivity index (χ1) is 13.2. The van der Waals surface area contributed by atoms with Gasteiger partial charge < -0.3 is 14.8 Å². The maximum absolute atomic E-state index is 12.8. The van der Waals surface area contributed by atoms with Gasteiger partial charge in [-0.2, -0.15) is 0 Å². The highest BCUT2D eigenvalue weighted by molar-refractivity contribution is 6.31. The molecule has 7 heteroatoms. The largest absolute Gasteiger partial charge is 0.491 e. The summed E-state index contributed by atoms with van der Waals surface area (Å²) >= 11 is 6.11. The Morgan fingerprint density at radius 3 is 3.04 bits per heavy atom. The number of aromatic nitrogens is 2. The van der Waals surface area contributed by atoms with Crippen molar-refractivity contribution in [3.05, 3.63) is 59.5 Å². The van der Waals surface area contributed by atoms with Crippen LogP contribution in [0.1, 0.15) is 16.9 Å². The van der Waals surface area contributed by atoms with E-state index in [0.717, 1.165) is 18.4 Å². The highest BCUT2D eigenvalue weighted by Crippen LogP contribution is 2.30. The average molecular weight is 384 g/mol. The van der Waals surface area contributed by atoms with Crippen molar-refractivity contribution in [1.82, 2.24) is 9.97 Å². The average Bonchev–Trinajstić information content (AvgIpc) is 3.20. The highest BCUT2D eigenvalue weighted by atomic mass is 35.5. The van der Waals surface area contributed by atoms with Crippen molar-refractivity contribution in [3.8, 4) is 5.75 Å². The van der Waals surface area contributed by atoms with E-state index in [0.29, 0.717) is 41.1 Å². The van der Waals surface area contributed by atoms with Crippen molar-refractivity contribution >= 4 is 34.1 Å². The Kier molecular flexibility index (Phi) is 5.18. The Morgan fingerprint density at radius 1 is 1.26 bits per heavy atom. The Bertz CT molecular complexity index is 968. The zero-order valence-electron chi connectivity index (χ0n) is 14.5. The van der Waals surface area contributed by atoms with Crippen molar-refractivity contribution in [1.29, 1.82) is 0 Å². The molecule has 2 aromatic heterocycles. The second-order valence-electron chi connectivity index (χ2n) is 6.37. The number of halogens is 1. The van der Waals surface area contributed by atoms with Gasteiger partial charge in [0.2, 0.25) is 0 Å². The van der Waals surface area contributed by atoms with Crippen LogP contribution in [0.2, 0.25) is 5.02 Å². The van der Waals surface area contributed by atoms with E-state index in [1.165, 1.54) is 0 Å². The summed E-state index contributed by atoms with van der Waals surface area (Å²) in [5, 5.41) is 4.21. The van der Waals surface area contributed by atoms with Gasteiger partial charge >= 0.3 is 0 Å². The minimum absolute atomic E-state index is 0.253. The van der Waals surface area contributed by atoms with Gasteiger partial charge in [0.15, 0.2) is 5.69 Å². The second-order valence-corrected chi connectivity index (χ2v) is 6.81. The van der Waals surface area contributed by atoms with Crippen molar-refractivity contribution in [2.45, 2.75) is 6.42 Å². The maximum Gasteiger partial charge on any atom is 0.276 e. The van der Waals surface area contributed by atoms with E-state index in [1.807, 2.05) is 18.2 Å². The molecule has 0 radical (unpaired) electrons. The van der Waals surface area contributed by atoms with Gasteiger partial charge in [-0.3, -0.25) is 9.78 Å². The van der Waals surface area contributed by atoms with Crippen molar-refractivity contribution in [2.75, 3.05) is 25.1 Å². The van der Waals surface area contributed by atoms with Crippen LogP contribution in [-0.2, 0) is 4.74 Å². The Hall–Kier alpha value is -2.70. The minimum Gasteiger partial charge on any atom is -0.491 e. The van der Waals surface area contributed by atoms with E-state index in [9.17, 15) is 4.79 Å². The number of ether oxygens (including phenoxy) is 2. The molecule has 0 spiro atoms. The first-order valence-corrected chi connectivity index (χ1v) is 9.09. The summed E-state index contributed by atoms with van der Waals surface area (Å²) in [6.07, 6.45) is 4.20. The van der Waals surface area contributed by atoms with Crippen LogP contribution in [0.3, 0.4) is 0 Å². The fraction of sp³-hybridized carbons (Fsp3) is 0.250. The zero-order valence-corrected chi connectivity index (χ0v) is 15.3. The van der Waals surface area contributed by atoms with Gasteiger partial charge in [-0.25, -0.2) is 4.98 Å². The summed E-state index contributed by atoms with van der Waals surface area (Å²) in [6, 6.07) is 10.7. The first-order valence-electron chi connectivity index (χ1n) is 8.72. The van der Waals surface area contributed by atoms with Gasteiger partial charge in [-0.15, -0.1) is 0 Å². The second kappa shape index (κ2) is 7.90. The number of amides is 1. The molecule has 1 aromatic carbocycles. The van der Waals surface area contributed by atoms with Crippen LogP contribution in [-0.4, -0.2) is 35.7 Å². The molecular formula is C20H18ClN3O3. The number of hydrogen-bond donors (Lipinski definition) is 1. The Morgan fingerprint density at radius 2 is 2.19 bits per heavy atom. The number of carbonyl (C=O) groups is 1. The number of carbonyl (C=O) groups excluding carboxylic acids is 1. The molecule has 1 aliphatic heterocycles. The molecule has 0 saturated carbocycles. The number of nitrogens with zero attached hydrogens (tertiary/aromatic N) is 2. The molecule has 0 aliphatic carbocycles. The quantitative estimate of drug-likeness (QED) is 0.722. The summed E-state index contributed by atoms with van der Waals surface area (Å²) in [6.45, 7) is 1.98. The molecular weight excluding hydrogens is 366 g/mol. The van der Waals surface area contributed by atoms with E-state index in [-0.39, 0.29) is 11.6 Å². The van der Waals surface area contributed by atoms with E-state index in [1.54, 1.807) is 30.6 Å². The smallest absolute Gasteiger partial charge is 0.276 e. The molecule has 138 valence electrons.